The second-order valence-electron chi connectivity index (χ2n) is 6.30. The van der Waals surface area contributed by atoms with Gasteiger partial charge in [0.15, 0.2) is 0 Å². The van der Waals surface area contributed by atoms with Crippen LogP contribution in [0.2, 0.25) is 5.02 Å². The molecule has 0 spiro atoms. The van der Waals surface area contributed by atoms with Crippen LogP contribution in [0.25, 0.3) is 0 Å². The van der Waals surface area contributed by atoms with Crippen molar-refractivity contribution >= 4 is 50.7 Å². The number of nitrogens with one attached hydrogen (secondary N) is 1. The molecule has 152 valence electrons. The van der Waals surface area contributed by atoms with Gasteiger partial charge in [-0.05, 0) is 48.9 Å². The molecule has 2 rings (SSSR count). The average molecular weight is 441 g/mol. The molecule has 5 nitrogen and oxygen atoms in total. The van der Waals surface area contributed by atoms with E-state index in [0.717, 1.165) is 22.6 Å². The zero-order chi connectivity index (χ0) is 20.7. The minimum absolute atomic E-state index is 0.138. The number of hydrogen-bond donors (Lipinski definition) is 1. The van der Waals surface area contributed by atoms with E-state index in [1.54, 1.807) is 36.9 Å². The smallest absolute Gasteiger partial charge is 0.232 e. The highest BCUT2D eigenvalue weighted by atomic mass is 35.5. The summed E-state index contributed by atoms with van der Waals surface area (Å²) in [6.45, 7) is 4.05. The minimum atomic E-state index is -3.49. The summed E-state index contributed by atoms with van der Waals surface area (Å²) in [5.41, 5.74) is 2.02. The number of carbonyl (C=O) groups excluding carboxylic acids is 1. The lowest BCUT2D eigenvalue weighted by atomic mass is 10.2. The maximum absolute atomic E-state index is 12.3. The Balaban J connectivity index is 2.03. The van der Waals surface area contributed by atoms with E-state index in [4.69, 9.17) is 11.6 Å². The summed E-state index contributed by atoms with van der Waals surface area (Å²) in [6.07, 6.45) is 1.77. The van der Waals surface area contributed by atoms with Gasteiger partial charge in [0.2, 0.25) is 15.9 Å². The summed E-state index contributed by atoms with van der Waals surface area (Å²) in [6, 6.07) is 12.8. The predicted molar refractivity (Wildman–Crippen MR) is 119 cm³/mol. The topological polar surface area (TPSA) is 66.5 Å². The molecule has 0 heterocycles. The molecule has 2 aromatic rings. The Kier molecular flexibility index (Phi) is 8.22. The number of thioether (sulfide) groups is 1. The van der Waals surface area contributed by atoms with Crippen molar-refractivity contribution in [2.24, 2.45) is 0 Å². The first kappa shape index (κ1) is 22.6. The number of hydrogen-bond acceptors (Lipinski definition) is 4. The van der Waals surface area contributed by atoms with Crippen molar-refractivity contribution in [3.05, 3.63) is 53.1 Å². The van der Waals surface area contributed by atoms with Gasteiger partial charge in [-0.15, -0.1) is 11.8 Å². The number of benzene rings is 2. The summed E-state index contributed by atoms with van der Waals surface area (Å²) in [4.78, 5) is 13.4. The van der Waals surface area contributed by atoms with Gasteiger partial charge in [0.25, 0.3) is 0 Å². The van der Waals surface area contributed by atoms with E-state index in [1.165, 1.54) is 4.31 Å². The van der Waals surface area contributed by atoms with Crippen LogP contribution in [0.15, 0.2) is 47.4 Å². The van der Waals surface area contributed by atoms with E-state index in [1.807, 2.05) is 24.3 Å². The minimum Gasteiger partial charge on any atom is -0.325 e. The highest BCUT2D eigenvalue weighted by Gasteiger charge is 2.20. The highest BCUT2D eigenvalue weighted by Crippen LogP contribution is 2.29. The van der Waals surface area contributed by atoms with E-state index in [0.29, 0.717) is 22.7 Å². The number of carbonyl (C=O) groups is 1. The maximum atomic E-state index is 12.3. The second kappa shape index (κ2) is 10.2. The van der Waals surface area contributed by atoms with Crippen molar-refractivity contribution in [3.63, 3.8) is 0 Å². The summed E-state index contributed by atoms with van der Waals surface area (Å²) in [7, 11) is -3.49. The third kappa shape index (κ3) is 6.15. The van der Waals surface area contributed by atoms with E-state index >= 15 is 0 Å². The van der Waals surface area contributed by atoms with E-state index in [9.17, 15) is 13.2 Å². The van der Waals surface area contributed by atoms with Crippen molar-refractivity contribution in [2.75, 3.05) is 28.2 Å². The van der Waals surface area contributed by atoms with Crippen molar-refractivity contribution in [1.29, 1.82) is 0 Å². The van der Waals surface area contributed by atoms with Crippen LogP contribution in [0.3, 0.4) is 0 Å². The standard InChI is InChI=1S/C20H25ClN2O3S2/c1-4-27-19-12-6-5-10-17(19)22-20(24)13-8-14-23(28(3,25)26)18-11-7-9-16(21)15(18)2/h5-7,9-12H,4,8,13-14H2,1-3H3,(H,22,24). The molecule has 0 aliphatic rings. The fraction of sp³-hybridized carbons (Fsp3) is 0.350. The van der Waals surface area contributed by atoms with Gasteiger partial charge in [0.1, 0.15) is 0 Å². The van der Waals surface area contributed by atoms with Gasteiger partial charge in [0, 0.05) is 22.9 Å². The quantitative estimate of drug-likeness (QED) is 0.560. The Morgan fingerprint density at radius 2 is 1.89 bits per heavy atom. The van der Waals surface area contributed by atoms with Gasteiger partial charge in [-0.3, -0.25) is 9.10 Å². The molecule has 0 aromatic heterocycles. The fourth-order valence-corrected chi connectivity index (χ4v) is 4.72. The fourth-order valence-electron chi connectivity index (χ4n) is 2.78. The van der Waals surface area contributed by atoms with E-state index < -0.39 is 10.0 Å². The van der Waals surface area contributed by atoms with Crippen LogP contribution >= 0.6 is 23.4 Å². The summed E-state index contributed by atoms with van der Waals surface area (Å²) in [5, 5.41) is 3.43. The number of nitrogens with zero attached hydrogens (tertiary/aromatic N) is 1. The van der Waals surface area contributed by atoms with Crippen LogP contribution in [0, 0.1) is 6.92 Å². The Morgan fingerprint density at radius 3 is 2.57 bits per heavy atom. The summed E-state index contributed by atoms with van der Waals surface area (Å²) in [5.74, 6) is 0.773. The second-order valence-corrected chi connectivity index (χ2v) is 9.92. The molecule has 0 atom stereocenters. The first-order valence-electron chi connectivity index (χ1n) is 8.98. The molecule has 0 radical (unpaired) electrons. The molecular formula is C20H25ClN2O3S2. The molecule has 0 bridgehead atoms. The lowest BCUT2D eigenvalue weighted by Crippen LogP contribution is -2.32. The van der Waals surface area contributed by atoms with E-state index in [2.05, 4.69) is 12.2 Å². The van der Waals surface area contributed by atoms with Gasteiger partial charge >= 0.3 is 0 Å². The summed E-state index contributed by atoms with van der Waals surface area (Å²) < 4.78 is 25.8. The van der Waals surface area contributed by atoms with Crippen molar-refractivity contribution in [2.45, 2.75) is 31.6 Å². The molecule has 0 aliphatic heterocycles. The number of amides is 1. The zero-order valence-electron chi connectivity index (χ0n) is 16.2. The zero-order valence-corrected chi connectivity index (χ0v) is 18.6. The van der Waals surface area contributed by atoms with Crippen molar-refractivity contribution < 1.29 is 13.2 Å². The maximum Gasteiger partial charge on any atom is 0.232 e. The Labute approximate surface area is 176 Å². The van der Waals surface area contributed by atoms with Gasteiger partial charge in [-0.25, -0.2) is 8.42 Å². The molecule has 0 saturated heterocycles. The largest absolute Gasteiger partial charge is 0.325 e. The summed E-state index contributed by atoms with van der Waals surface area (Å²) >= 11 is 7.80. The third-order valence-corrected chi connectivity index (χ3v) is 6.68. The molecule has 28 heavy (non-hydrogen) atoms. The SMILES string of the molecule is CCSc1ccccc1NC(=O)CCCN(c1cccc(Cl)c1C)S(C)(=O)=O. The Morgan fingerprint density at radius 1 is 1.18 bits per heavy atom. The predicted octanol–water partition coefficient (Wildman–Crippen LogP) is 4.95. The number of rotatable bonds is 9. The van der Waals surface area contributed by atoms with Gasteiger partial charge in [-0.1, -0.05) is 36.7 Å². The molecular weight excluding hydrogens is 416 g/mol. The molecule has 1 N–H and O–H groups in total. The van der Waals surface area contributed by atoms with Gasteiger partial charge in [-0.2, -0.15) is 0 Å². The van der Waals surface area contributed by atoms with Gasteiger partial charge in [0.05, 0.1) is 17.6 Å². The Hall–Kier alpha value is -1.70. The van der Waals surface area contributed by atoms with Crippen LogP contribution in [-0.2, 0) is 14.8 Å². The normalized spacial score (nSPS) is 11.3. The molecule has 0 unspecified atom stereocenters. The molecule has 0 fully saturated rings. The molecule has 8 heteroatoms. The highest BCUT2D eigenvalue weighted by molar-refractivity contribution is 7.99. The molecule has 0 saturated carbocycles. The number of anilines is 2. The lowest BCUT2D eigenvalue weighted by molar-refractivity contribution is -0.116. The lowest BCUT2D eigenvalue weighted by Gasteiger charge is -2.24. The van der Waals surface area contributed by atoms with Crippen LogP contribution in [0.4, 0.5) is 11.4 Å². The van der Waals surface area contributed by atoms with Crippen LogP contribution in [-0.4, -0.2) is 32.9 Å². The molecule has 1 amide bonds. The number of sulfonamides is 1. The number of halogens is 1. The third-order valence-electron chi connectivity index (χ3n) is 4.13. The monoisotopic (exact) mass is 440 g/mol. The van der Waals surface area contributed by atoms with Crippen LogP contribution in [0.5, 0.6) is 0 Å². The van der Waals surface area contributed by atoms with Crippen molar-refractivity contribution in [1.82, 2.24) is 0 Å². The van der Waals surface area contributed by atoms with Gasteiger partial charge < -0.3 is 5.32 Å². The van der Waals surface area contributed by atoms with E-state index in [-0.39, 0.29) is 18.9 Å². The molecule has 0 aliphatic carbocycles. The van der Waals surface area contributed by atoms with Crippen LogP contribution in [0.1, 0.15) is 25.3 Å². The molecule has 2 aromatic carbocycles. The van der Waals surface area contributed by atoms with Crippen LogP contribution < -0.4 is 9.62 Å². The van der Waals surface area contributed by atoms with Crippen molar-refractivity contribution in [3.8, 4) is 0 Å². The first-order valence-corrected chi connectivity index (χ1v) is 12.2. The first-order chi connectivity index (χ1) is 13.2. The Bertz CT molecular complexity index is 933. The average Bonchev–Trinajstić information content (AvgIpc) is 2.62. The number of para-hydroxylation sites is 1.